The Hall–Kier alpha value is -3.92. The molecule has 0 radical (unpaired) electrons. The number of ether oxygens (including phenoxy) is 1. The molecule has 1 atom stereocenters. The summed E-state index contributed by atoms with van der Waals surface area (Å²) in [5.41, 5.74) is 3.57. The molecule has 1 unspecified atom stereocenters. The number of cyclic esters (lactones) is 1. The van der Waals surface area contributed by atoms with Gasteiger partial charge in [0.2, 0.25) is 0 Å². The van der Waals surface area contributed by atoms with Gasteiger partial charge in [-0.1, -0.05) is 66.7 Å². The van der Waals surface area contributed by atoms with Gasteiger partial charge in [0.1, 0.15) is 6.10 Å². The van der Waals surface area contributed by atoms with E-state index in [0.29, 0.717) is 17.5 Å². The second-order valence-corrected chi connectivity index (χ2v) is 7.36. The summed E-state index contributed by atoms with van der Waals surface area (Å²) < 4.78 is 5.60. The number of nitrogens with one attached hydrogen (secondary N) is 1. The molecular weight excluding hydrogens is 374 g/mol. The highest BCUT2D eigenvalue weighted by molar-refractivity contribution is 6.09. The Balaban J connectivity index is 1.44. The number of hydrogen-bond donors (Lipinski definition) is 1. The molecule has 1 N–H and O–H groups in total. The van der Waals surface area contributed by atoms with Crippen LogP contribution in [0.15, 0.2) is 91.0 Å². The molecular formula is C26H19NO3. The van der Waals surface area contributed by atoms with E-state index < -0.39 is 0 Å². The van der Waals surface area contributed by atoms with E-state index in [2.05, 4.69) is 5.32 Å². The van der Waals surface area contributed by atoms with Crippen LogP contribution in [0.25, 0.3) is 10.8 Å². The number of amides is 1. The summed E-state index contributed by atoms with van der Waals surface area (Å²) in [6, 6.07) is 28.6. The van der Waals surface area contributed by atoms with E-state index in [9.17, 15) is 9.59 Å². The summed E-state index contributed by atoms with van der Waals surface area (Å²) in [4.78, 5) is 25.4. The highest BCUT2D eigenvalue weighted by Crippen LogP contribution is 2.31. The molecule has 4 aromatic rings. The number of hydrogen-bond acceptors (Lipinski definition) is 3. The summed E-state index contributed by atoms with van der Waals surface area (Å²) in [6.07, 6.45) is 0.197. The van der Waals surface area contributed by atoms with Gasteiger partial charge in [-0.05, 0) is 40.8 Å². The van der Waals surface area contributed by atoms with Gasteiger partial charge in [0.05, 0.1) is 5.56 Å². The normalized spacial score (nSPS) is 15.3. The number of benzene rings is 4. The minimum Gasteiger partial charge on any atom is -0.454 e. The van der Waals surface area contributed by atoms with Crippen molar-refractivity contribution in [3.63, 3.8) is 0 Å². The lowest BCUT2D eigenvalue weighted by atomic mass is 9.93. The van der Waals surface area contributed by atoms with Crippen molar-refractivity contribution < 1.29 is 14.3 Å². The van der Waals surface area contributed by atoms with Crippen LogP contribution >= 0.6 is 0 Å². The Kier molecular flexibility index (Phi) is 4.52. The first-order valence-electron chi connectivity index (χ1n) is 9.87. The first kappa shape index (κ1) is 18.1. The van der Waals surface area contributed by atoms with Crippen molar-refractivity contribution in [2.24, 2.45) is 0 Å². The van der Waals surface area contributed by atoms with E-state index in [1.54, 1.807) is 18.2 Å². The van der Waals surface area contributed by atoms with E-state index in [1.165, 1.54) is 0 Å². The molecule has 0 saturated carbocycles. The van der Waals surface area contributed by atoms with E-state index in [-0.39, 0.29) is 18.0 Å². The molecule has 0 aromatic heterocycles. The number of carbonyl (C=O) groups excluding carboxylic acids is 2. The lowest BCUT2D eigenvalue weighted by Gasteiger charge is -2.25. The quantitative estimate of drug-likeness (QED) is 0.465. The fourth-order valence-electron chi connectivity index (χ4n) is 3.92. The average Bonchev–Trinajstić information content (AvgIpc) is 2.79. The summed E-state index contributed by atoms with van der Waals surface area (Å²) >= 11 is 0. The van der Waals surface area contributed by atoms with Gasteiger partial charge in [0.25, 0.3) is 5.91 Å². The fraction of sp³-hybridized carbons (Fsp3) is 0.0769. The predicted octanol–water partition coefficient (Wildman–Crippen LogP) is 5.55. The maximum Gasteiger partial charge on any atom is 0.339 e. The number of carbonyl (C=O) groups is 2. The maximum absolute atomic E-state index is 12.9. The van der Waals surface area contributed by atoms with E-state index >= 15 is 0 Å². The number of esters is 1. The van der Waals surface area contributed by atoms with Crippen LogP contribution in [0.2, 0.25) is 0 Å². The summed E-state index contributed by atoms with van der Waals surface area (Å²) in [5.74, 6) is -0.560. The minimum atomic E-state index is -0.355. The number of anilines is 1. The number of rotatable bonds is 3. The first-order chi connectivity index (χ1) is 14.7. The smallest absolute Gasteiger partial charge is 0.339 e. The van der Waals surface area contributed by atoms with E-state index in [1.807, 2.05) is 72.8 Å². The molecule has 0 aliphatic carbocycles. The molecule has 1 heterocycles. The van der Waals surface area contributed by atoms with Crippen LogP contribution in [0.1, 0.15) is 37.9 Å². The topological polar surface area (TPSA) is 55.4 Å². The van der Waals surface area contributed by atoms with Gasteiger partial charge in [0, 0.05) is 23.1 Å². The lowest BCUT2D eigenvalue weighted by Crippen LogP contribution is -2.23. The Bertz CT molecular complexity index is 1260. The van der Waals surface area contributed by atoms with E-state index in [0.717, 1.165) is 27.6 Å². The molecule has 4 heteroatoms. The Labute approximate surface area is 174 Å². The Morgan fingerprint density at radius 2 is 1.63 bits per heavy atom. The third kappa shape index (κ3) is 3.33. The highest BCUT2D eigenvalue weighted by Gasteiger charge is 2.28. The SMILES string of the molecule is O=C(Nc1cccc2ccccc12)c1ccc2c(c1)CC(c1ccccc1)OC2=O. The fourth-order valence-corrected chi connectivity index (χ4v) is 3.92. The predicted molar refractivity (Wildman–Crippen MR) is 117 cm³/mol. The molecule has 146 valence electrons. The van der Waals surface area contributed by atoms with Gasteiger partial charge in [-0.15, -0.1) is 0 Å². The van der Waals surface area contributed by atoms with Gasteiger partial charge in [-0.3, -0.25) is 4.79 Å². The standard InChI is InChI=1S/C26H19NO3/c28-25(27-23-12-6-10-17-7-4-5-11-21(17)23)19-13-14-22-20(15-19)16-24(30-26(22)29)18-8-2-1-3-9-18/h1-15,24H,16H2,(H,27,28). The third-order valence-electron chi connectivity index (χ3n) is 5.45. The van der Waals surface area contributed by atoms with Gasteiger partial charge >= 0.3 is 5.97 Å². The first-order valence-corrected chi connectivity index (χ1v) is 9.87. The van der Waals surface area contributed by atoms with Crippen molar-refractivity contribution in [2.75, 3.05) is 5.32 Å². The van der Waals surface area contributed by atoms with Crippen molar-refractivity contribution in [1.29, 1.82) is 0 Å². The Morgan fingerprint density at radius 3 is 2.50 bits per heavy atom. The molecule has 0 fully saturated rings. The maximum atomic E-state index is 12.9. The molecule has 1 aliphatic heterocycles. The second kappa shape index (κ2) is 7.48. The van der Waals surface area contributed by atoms with Crippen molar-refractivity contribution in [3.05, 3.63) is 113 Å². The van der Waals surface area contributed by atoms with Crippen LogP contribution in [0, 0.1) is 0 Å². The van der Waals surface area contributed by atoms with Crippen LogP contribution in [-0.2, 0) is 11.2 Å². The molecule has 4 aromatic carbocycles. The molecule has 0 saturated heterocycles. The monoisotopic (exact) mass is 393 g/mol. The van der Waals surface area contributed by atoms with Gasteiger partial charge in [-0.25, -0.2) is 4.79 Å². The van der Waals surface area contributed by atoms with Crippen LogP contribution in [0.3, 0.4) is 0 Å². The molecule has 0 bridgehead atoms. The van der Waals surface area contributed by atoms with Crippen molar-refractivity contribution in [1.82, 2.24) is 0 Å². The van der Waals surface area contributed by atoms with Crippen molar-refractivity contribution >= 4 is 28.3 Å². The molecule has 4 nitrogen and oxygen atoms in total. The molecule has 5 rings (SSSR count). The van der Waals surface area contributed by atoms with E-state index in [4.69, 9.17) is 4.74 Å². The summed E-state index contributed by atoms with van der Waals surface area (Å²) in [6.45, 7) is 0. The van der Waals surface area contributed by atoms with Crippen LogP contribution < -0.4 is 5.32 Å². The summed E-state index contributed by atoms with van der Waals surface area (Å²) in [7, 11) is 0. The van der Waals surface area contributed by atoms with Crippen molar-refractivity contribution in [3.8, 4) is 0 Å². The van der Waals surface area contributed by atoms with Gasteiger partial charge in [0.15, 0.2) is 0 Å². The third-order valence-corrected chi connectivity index (χ3v) is 5.45. The van der Waals surface area contributed by atoms with Gasteiger partial charge in [-0.2, -0.15) is 0 Å². The molecule has 30 heavy (non-hydrogen) atoms. The zero-order valence-corrected chi connectivity index (χ0v) is 16.2. The zero-order chi connectivity index (χ0) is 20.5. The number of fused-ring (bicyclic) bond motifs is 2. The highest BCUT2D eigenvalue weighted by atomic mass is 16.5. The van der Waals surface area contributed by atoms with Crippen molar-refractivity contribution in [2.45, 2.75) is 12.5 Å². The van der Waals surface area contributed by atoms with Crippen LogP contribution in [0.4, 0.5) is 5.69 Å². The van der Waals surface area contributed by atoms with Crippen LogP contribution in [0.5, 0.6) is 0 Å². The molecule has 1 aliphatic rings. The second-order valence-electron chi connectivity index (χ2n) is 7.36. The zero-order valence-electron chi connectivity index (χ0n) is 16.2. The average molecular weight is 393 g/mol. The summed E-state index contributed by atoms with van der Waals surface area (Å²) in [5, 5.41) is 5.06. The molecule has 1 amide bonds. The van der Waals surface area contributed by atoms with Crippen LogP contribution in [-0.4, -0.2) is 11.9 Å². The molecule has 0 spiro atoms. The van der Waals surface area contributed by atoms with Gasteiger partial charge < -0.3 is 10.1 Å². The largest absolute Gasteiger partial charge is 0.454 e. The minimum absolute atomic E-state index is 0.204. The Morgan fingerprint density at radius 1 is 0.867 bits per heavy atom. The lowest BCUT2D eigenvalue weighted by molar-refractivity contribution is 0.0252.